The molecule has 1 aliphatic heterocycles. The van der Waals surface area contributed by atoms with Crippen molar-refractivity contribution in [3.05, 3.63) is 63.1 Å². The number of rotatable bonds is 4. The molecule has 2 atom stereocenters. The maximum Gasteiger partial charge on any atom is 0.395 e. The Labute approximate surface area is 206 Å². The zero-order valence-corrected chi connectivity index (χ0v) is 19.5. The fourth-order valence-corrected chi connectivity index (χ4v) is 5.70. The number of fused-ring (bicyclic) bond motifs is 2. The van der Waals surface area contributed by atoms with Gasteiger partial charge in [-0.3, -0.25) is 9.36 Å². The Morgan fingerprint density at radius 1 is 1.22 bits per heavy atom. The van der Waals surface area contributed by atoms with Crippen molar-refractivity contribution >= 4 is 11.0 Å². The third-order valence-corrected chi connectivity index (χ3v) is 8.08. The van der Waals surface area contributed by atoms with Gasteiger partial charge in [-0.05, 0) is 50.3 Å². The summed E-state index contributed by atoms with van der Waals surface area (Å²) in [7, 11) is 0. The first-order chi connectivity index (χ1) is 17.5. The fourth-order valence-electron chi connectivity index (χ4n) is 5.70. The molecule has 0 aromatic carbocycles. The standard InChI is InChI=1S/C25H20F5N5O2/c1-12-15(8-31)6-16-19(23-10-24(23,11-23)25(28,29)30)33-20(34-21(16)32-12)13-4-5-37-17(7-13)14-2-3-18(36)35(9-14)22(26)27/h2-3,6,9,13,17,22H,4-5,7,10-11H2,1H3. The van der Waals surface area contributed by atoms with Gasteiger partial charge in [-0.15, -0.1) is 0 Å². The Hall–Kier alpha value is -3.46. The number of nitriles is 1. The van der Waals surface area contributed by atoms with Crippen molar-refractivity contribution < 1.29 is 26.7 Å². The van der Waals surface area contributed by atoms with Crippen LogP contribution in [-0.2, 0) is 10.2 Å². The van der Waals surface area contributed by atoms with Crippen molar-refractivity contribution in [3.8, 4) is 6.07 Å². The zero-order valence-electron chi connectivity index (χ0n) is 19.5. The predicted octanol–water partition coefficient (Wildman–Crippen LogP) is 4.99. The third-order valence-electron chi connectivity index (χ3n) is 8.08. The normalized spacial score (nSPS) is 28.7. The van der Waals surface area contributed by atoms with E-state index in [2.05, 4.69) is 15.0 Å². The molecule has 4 heterocycles. The first-order valence-electron chi connectivity index (χ1n) is 11.8. The zero-order chi connectivity index (χ0) is 26.3. The quantitative estimate of drug-likeness (QED) is 0.453. The molecule has 3 aromatic heterocycles. The van der Waals surface area contributed by atoms with Crippen molar-refractivity contribution in [2.24, 2.45) is 5.41 Å². The van der Waals surface area contributed by atoms with Crippen LogP contribution in [0.15, 0.2) is 29.2 Å². The van der Waals surface area contributed by atoms with Gasteiger partial charge in [0.1, 0.15) is 11.9 Å². The Morgan fingerprint density at radius 3 is 2.62 bits per heavy atom. The van der Waals surface area contributed by atoms with E-state index in [1.807, 2.05) is 6.07 Å². The molecular weight excluding hydrogens is 497 g/mol. The van der Waals surface area contributed by atoms with E-state index in [1.54, 1.807) is 6.92 Å². The van der Waals surface area contributed by atoms with Crippen LogP contribution in [-0.4, -0.2) is 32.3 Å². The van der Waals surface area contributed by atoms with Crippen LogP contribution in [0, 0.1) is 23.7 Å². The highest BCUT2D eigenvalue weighted by Crippen LogP contribution is 2.90. The molecule has 12 heteroatoms. The second kappa shape index (κ2) is 7.77. The van der Waals surface area contributed by atoms with Gasteiger partial charge in [0.15, 0.2) is 5.65 Å². The van der Waals surface area contributed by atoms with Gasteiger partial charge in [0.05, 0.1) is 28.5 Å². The summed E-state index contributed by atoms with van der Waals surface area (Å²) in [5.74, 6) is -0.0143. The molecule has 0 spiro atoms. The number of hydrogen-bond donors (Lipinski definition) is 0. The van der Waals surface area contributed by atoms with Crippen LogP contribution in [0.4, 0.5) is 22.0 Å². The molecule has 0 amide bonds. The van der Waals surface area contributed by atoms with Crippen LogP contribution in [0.25, 0.3) is 11.0 Å². The average molecular weight is 517 g/mol. The van der Waals surface area contributed by atoms with E-state index < -0.39 is 35.2 Å². The number of alkyl halides is 5. The molecule has 7 nitrogen and oxygen atoms in total. The summed E-state index contributed by atoms with van der Waals surface area (Å²) >= 11 is 0. The van der Waals surface area contributed by atoms with Crippen molar-refractivity contribution in [2.45, 2.75) is 62.8 Å². The lowest BCUT2D eigenvalue weighted by atomic mass is 9.91. The summed E-state index contributed by atoms with van der Waals surface area (Å²) in [5, 5.41) is 9.80. The summed E-state index contributed by atoms with van der Waals surface area (Å²) < 4.78 is 74.0. The van der Waals surface area contributed by atoms with Gasteiger partial charge in [-0.2, -0.15) is 27.2 Å². The minimum atomic E-state index is -4.36. The SMILES string of the molecule is Cc1nc2nc(C3CCOC(c4ccc(=O)n(C(F)F)c4)C3)nc(C34CC3(C(F)(F)F)C4)c2cc1C#N. The highest BCUT2D eigenvalue weighted by Gasteiger charge is 2.94. The maximum absolute atomic E-state index is 13.8. The molecule has 0 N–H and O–H groups in total. The van der Waals surface area contributed by atoms with Crippen LogP contribution < -0.4 is 5.56 Å². The van der Waals surface area contributed by atoms with Crippen LogP contribution in [0.3, 0.4) is 0 Å². The first kappa shape index (κ1) is 23.9. The summed E-state index contributed by atoms with van der Waals surface area (Å²) in [6, 6.07) is 6.02. The van der Waals surface area contributed by atoms with Gasteiger partial charge in [0.2, 0.25) is 0 Å². The fraction of sp³-hybridized carbons (Fsp3) is 0.480. The van der Waals surface area contributed by atoms with Crippen LogP contribution in [0.5, 0.6) is 0 Å². The van der Waals surface area contributed by atoms with Gasteiger partial charge >= 0.3 is 12.7 Å². The molecule has 192 valence electrons. The van der Waals surface area contributed by atoms with E-state index in [-0.39, 0.29) is 42.3 Å². The van der Waals surface area contributed by atoms with E-state index in [1.165, 1.54) is 12.1 Å². The molecule has 3 fully saturated rings. The second-order valence-corrected chi connectivity index (χ2v) is 10.1. The molecule has 37 heavy (non-hydrogen) atoms. The van der Waals surface area contributed by atoms with E-state index >= 15 is 0 Å². The molecule has 2 unspecified atom stereocenters. The Morgan fingerprint density at radius 2 is 1.97 bits per heavy atom. The minimum Gasteiger partial charge on any atom is -0.373 e. The number of pyridine rings is 2. The molecule has 3 aliphatic rings. The van der Waals surface area contributed by atoms with E-state index in [4.69, 9.17) is 4.74 Å². The lowest BCUT2D eigenvalue weighted by Gasteiger charge is -2.29. The first-order valence-corrected chi connectivity index (χ1v) is 11.8. The predicted molar refractivity (Wildman–Crippen MR) is 119 cm³/mol. The van der Waals surface area contributed by atoms with Gasteiger partial charge < -0.3 is 4.74 Å². The van der Waals surface area contributed by atoms with E-state index in [0.717, 1.165) is 12.3 Å². The maximum atomic E-state index is 13.8. The highest BCUT2D eigenvalue weighted by molar-refractivity contribution is 5.83. The lowest BCUT2D eigenvalue weighted by Crippen LogP contribution is -2.24. The average Bonchev–Trinajstić information content (AvgIpc) is 3.71. The smallest absolute Gasteiger partial charge is 0.373 e. The summed E-state index contributed by atoms with van der Waals surface area (Å²) in [4.78, 5) is 25.4. The van der Waals surface area contributed by atoms with E-state index in [0.29, 0.717) is 39.9 Å². The van der Waals surface area contributed by atoms with Gasteiger partial charge in [-0.25, -0.2) is 15.0 Å². The van der Waals surface area contributed by atoms with Gasteiger partial charge in [0, 0.05) is 35.6 Å². The molecule has 0 bridgehead atoms. The lowest BCUT2D eigenvalue weighted by molar-refractivity contribution is -0.167. The Bertz CT molecular complexity index is 1540. The highest BCUT2D eigenvalue weighted by atomic mass is 19.4. The monoisotopic (exact) mass is 517 g/mol. The molecule has 3 aromatic rings. The molecule has 0 radical (unpaired) electrons. The molecule has 1 saturated heterocycles. The number of halogens is 5. The van der Waals surface area contributed by atoms with Gasteiger partial charge in [-0.1, -0.05) is 0 Å². The van der Waals surface area contributed by atoms with Crippen molar-refractivity contribution in [2.75, 3.05) is 6.61 Å². The molecule has 6 rings (SSSR count). The van der Waals surface area contributed by atoms with Crippen LogP contribution in [0.1, 0.15) is 72.6 Å². The topological polar surface area (TPSA) is 93.7 Å². The number of aromatic nitrogens is 4. The van der Waals surface area contributed by atoms with E-state index in [9.17, 15) is 32.0 Å². The molecule has 2 aliphatic carbocycles. The van der Waals surface area contributed by atoms with Gasteiger partial charge in [0.25, 0.3) is 5.56 Å². The van der Waals surface area contributed by atoms with Crippen molar-refractivity contribution in [3.63, 3.8) is 0 Å². The largest absolute Gasteiger partial charge is 0.395 e. The number of nitrogens with zero attached hydrogens (tertiary/aromatic N) is 5. The Balaban J connectivity index is 1.41. The summed E-state index contributed by atoms with van der Waals surface area (Å²) in [6.45, 7) is -1.12. The third kappa shape index (κ3) is 3.47. The van der Waals surface area contributed by atoms with Crippen molar-refractivity contribution in [1.82, 2.24) is 19.5 Å². The summed E-state index contributed by atoms with van der Waals surface area (Å²) in [5.41, 5.74) is -2.22. The van der Waals surface area contributed by atoms with Crippen molar-refractivity contribution in [1.29, 1.82) is 5.26 Å². The number of ether oxygens (including phenoxy) is 1. The van der Waals surface area contributed by atoms with Crippen LogP contribution in [0.2, 0.25) is 0 Å². The minimum absolute atomic E-state index is 0.0591. The van der Waals surface area contributed by atoms with Crippen LogP contribution >= 0.6 is 0 Å². The molecular formula is C25H20F5N5O2. The summed E-state index contributed by atoms with van der Waals surface area (Å²) in [6.07, 6.45) is -3.28. The second-order valence-electron chi connectivity index (χ2n) is 10.1. The number of hydrogen-bond acceptors (Lipinski definition) is 6. The number of aryl methyl sites for hydroxylation is 1. The molecule has 2 saturated carbocycles. The Kier molecular flexibility index (Phi) is 5.02.